The molecule has 0 saturated carbocycles. The second-order valence-corrected chi connectivity index (χ2v) is 4.31. The van der Waals surface area contributed by atoms with Crippen LogP contribution in [0.5, 0.6) is 0 Å². The van der Waals surface area contributed by atoms with Gasteiger partial charge < -0.3 is 9.64 Å². The van der Waals surface area contributed by atoms with E-state index in [0.29, 0.717) is 6.61 Å². The van der Waals surface area contributed by atoms with Crippen LogP contribution in [-0.2, 0) is 9.53 Å². The lowest BCUT2D eigenvalue weighted by molar-refractivity contribution is -0.135. The Balaban J connectivity index is 2.37. The molecule has 1 amide bonds. The van der Waals surface area contributed by atoms with Crippen LogP contribution in [0.4, 0.5) is 0 Å². The highest BCUT2D eigenvalue weighted by Gasteiger charge is 2.26. The molecule has 1 heterocycles. The Kier molecular flexibility index (Phi) is 5.48. The first-order chi connectivity index (χ1) is 6.79. The van der Waals surface area contributed by atoms with Crippen molar-refractivity contribution in [2.75, 3.05) is 31.6 Å². The maximum Gasteiger partial charge on any atom is 0.228 e. The van der Waals surface area contributed by atoms with Gasteiger partial charge in [-0.05, 0) is 19.8 Å². The van der Waals surface area contributed by atoms with Crippen LogP contribution in [0.15, 0.2) is 0 Å². The average Bonchev–Trinajstić information content (AvgIpc) is 2.71. The molecule has 1 saturated heterocycles. The Bertz CT molecular complexity index is 181. The Morgan fingerprint density at radius 1 is 1.64 bits per heavy atom. The molecule has 0 N–H and O–H groups in total. The maximum atomic E-state index is 11.9. The molecule has 1 fully saturated rings. The zero-order valence-electron chi connectivity index (χ0n) is 8.67. The lowest BCUT2D eigenvalue weighted by atomic mass is 10.1. The summed E-state index contributed by atoms with van der Waals surface area (Å²) in [6.07, 6.45) is 1.91. The predicted octanol–water partition coefficient (Wildman–Crippen LogP) is 1.66. The summed E-state index contributed by atoms with van der Waals surface area (Å²) in [4.78, 5) is 13.8. The molecule has 0 bridgehead atoms. The zero-order chi connectivity index (χ0) is 10.4. The van der Waals surface area contributed by atoms with Crippen molar-refractivity contribution in [3.8, 4) is 0 Å². The molecule has 0 radical (unpaired) electrons. The van der Waals surface area contributed by atoms with Crippen molar-refractivity contribution in [1.82, 2.24) is 4.90 Å². The number of carbonyl (C=O) groups excluding carboxylic acids is 1. The molecule has 1 rings (SSSR count). The van der Waals surface area contributed by atoms with Crippen LogP contribution in [0, 0.1) is 5.92 Å². The number of hydrogen-bond donors (Lipinski definition) is 0. The summed E-state index contributed by atoms with van der Waals surface area (Å²) in [6.45, 7) is 5.05. The van der Waals surface area contributed by atoms with Crippen LogP contribution in [-0.4, -0.2) is 42.4 Å². The van der Waals surface area contributed by atoms with Crippen molar-refractivity contribution in [3.05, 3.63) is 0 Å². The Morgan fingerprint density at radius 2 is 2.43 bits per heavy atom. The largest absolute Gasteiger partial charge is 0.381 e. The van der Waals surface area contributed by atoms with Gasteiger partial charge in [-0.1, -0.05) is 15.9 Å². The van der Waals surface area contributed by atoms with Gasteiger partial charge in [-0.2, -0.15) is 0 Å². The van der Waals surface area contributed by atoms with Crippen molar-refractivity contribution >= 4 is 21.8 Å². The number of rotatable bonds is 5. The van der Waals surface area contributed by atoms with Crippen molar-refractivity contribution < 1.29 is 9.53 Å². The first-order valence-corrected chi connectivity index (χ1v) is 6.34. The molecular weight excluding hydrogens is 246 g/mol. The minimum absolute atomic E-state index is 0.116. The van der Waals surface area contributed by atoms with Gasteiger partial charge in [0.25, 0.3) is 0 Å². The highest BCUT2D eigenvalue weighted by Crippen LogP contribution is 2.15. The minimum atomic E-state index is 0.116. The summed E-state index contributed by atoms with van der Waals surface area (Å²) in [6, 6.07) is 0. The lowest BCUT2D eigenvalue weighted by Crippen LogP contribution is -2.37. The number of halogens is 1. The fourth-order valence-electron chi connectivity index (χ4n) is 1.66. The van der Waals surface area contributed by atoms with Gasteiger partial charge in [0.15, 0.2) is 0 Å². The number of ether oxygens (including phenoxy) is 1. The fraction of sp³-hybridized carbons (Fsp3) is 0.900. The topological polar surface area (TPSA) is 29.5 Å². The smallest absolute Gasteiger partial charge is 0.228 e. The molecule has 1 aliphatic heterocycles. The van der Waals surface area contributed by atoms with E-state index in [4.69, 9.17) is 4.74 Å². The van der Waals surface area contributed by atoms with Gasteiger partial charge in [-0.15, -0.1) is 0 Å². The summed E-state index contributed by atoms with van der Waals surface area (Å²) in [7, 11) is 0. The molecule has 82 valence electrons. The standard InChI is InChI=1S/C10H18BrNO2/c1-2-12(6-3-5-11)10(13)9-4-7-14-8-9/h9H,2-8H2,1H3. The van der Waals surface area contributed by atoms with Crippen LogP contribution < -0.4 is 0 Å². The van der Waals surface area contributed by atoms with Crippen LogP contribution in [0.3, 0.4) is 0 Å². The molecule has 4 heteroatoms. The van der Waals surface area contributed by atoms with Crippen molar-refractivity contribution in [1.29, 1.82) is 0 Å². The van der Waals surface area contributed by atoms with Crippen LogP contribution in [0.1, 0.15) is 19.8 Å². The van der Waals surface area contributed by atoms with Crippen LogP contribution in [0.25, 0.3) is 0 Å². The van der Waals surface area contributed by atoms with Crippen LogP contribution >= 0.6 is 15.9 Å². The fourth-order valence-corrected chi connectivity index (χ4v) is 1.91. The number of amides is 1. The van der Waals surface area contributed by atoms with Gasteiger partial charge in [-0.3, -0.25) is 4.79 Å². The summed E-state index contributed by atoms with van der Waals surface area (Å²) >= 11 is 3.38. The van der Waals surface area contributed by atoms with Gasteiger partial charge in [-0.25, -0.2) is 0 Å². The van der Waals surface area contributed by atoms with E-state index in [0.717, 1.165) is 37.9 Å². The normalized spacial score (nSPS) is 21.1. The summed E-state index contributed by atoms with van der Waals surface area (Å²) in [5.41, 5.74) is 0. The van der Waals surface area contributed by atoms with E-state index in [1.165, 1.54) is 0 Å². The number of alkyl halides is 1. The van der Waals surface area contributed by atoms with Gasteiger partial charge in [0, 0.05) is 25.0 Å². The van der Waals surface area contributed by atoms with E-state index in [-0.39, 0.29) is 11.8 Å². The Morgan fingerprint density at radius 3 is 2.93 bits per heavy atom. The molecule has 1 unspecified atom stereocenters. The lowest BCUT2D eigenvalue weighted by Gasteiger charge is -2.23. The minimum Gasteiger partial charge on any atom is -0.381 e. The van der Waals surface area contributed by atoms with E-state index >= 15 is 0 Å². The zero-order valence-corrected chi connectivity index (χ0v) is 10.3. The molecule has 14 heavy (non-hydrogen) atoms. The van der Waals surface area contributed by atoms with Gasteiger partial charge in [0.2, 0.25) is 5.91 Å². The average molecular weight is 264 g/mol. The molecule has 1 atom stereocenters. The first-order valence-electron chi connectivity index (χ1n) is 5.22. The Hall–Kier alpha value is -0.0900. The number of carbonyl (C=O) groups is 1. The highest BCUT2D eigenvalue weighted by molar-refractivity contribution is 9.09. The molecule has 0 aromatic carbocycles. The van der Waals surface area contributed by atoms with E-state index < -0.39 is 0 Å². The van der Waals surface area contributed by atoms with Crippen molar-refractivity contribution in [2.45, 2.75) is 19.8 Å². The molecule has 0 aromatic heterocycles. The predicted molar refractivity (Wildman–Crippen MR) is 59.6 cm³/mol. The van der Waals surface area contributed by atoms with Crippen LogP contribution in [0.2, 0.25) is 0 Å². The molecule has 3 nitrogen and oxygen atoms in total. The molecule has 0 aromatic rings. The summed E-state index contributed by atoms with van der Waals surface area (Å²) < 4.78 is 5.22. The Labute approximate surface area is 93.9 Å². The van der Waals surface area contributed by atoms with Crippen molar-refractivity contribution in [2.24, 2.45) is 5.92 Å². The second kappa shape index (κ2) is 6.40. The van der Waals surface area contributed by atoms with Crippen molar-refractivity contribution in [3.63, 3.8) is 0 Å². The van der Waals surface area contributed by atoms with Gasteiger partial charge in [0.05, 0.1) is 12.5 Å². The first kappa shape index (κ1) is 12.0. The third-order valence-corrected chi connectivity index (χ3v) is 3.09. The van der Waals surface area contributed by atoms with Gasteiger partial charge >= 0.3 is 0 Å². The third kappa shape index (κ3) is 3.24. The molecule has 1 aliphatic rings. The molecule has 0 spiro atoms. The van der Waals surface area contributed by atoms with E-state index in [1.54, 1.807) is 0 Å². The maximum absolute atomic E-state index is 11.9. The summed E-state index contributed by atoms with van der Waals surface area (Å²) in [5.74, 6) is 0.385. The number of hydrogen-bond acceptors (Lipinski definition) is 2. The quantitative estimate of drug-likeness (QED) is 0.707. The van der Waals surface area contributed by atoms with Gasteiger partial charge in [0.1, 0.15) is 0 Å². The van der Waals surface area contributed by atoms with E-state index in [9.17, 15) is 4.79 Å². The molecular formula is C10H18BrNO2. The SMILES string of the molecule is CCN(CCCBr)C(=O)C1CCOC1. The highest BCUT2D eigenvalue weighted by atomic mass is 79.9. The van der Waals surface area contributed by atoms with E-state index in [2.05, 4.69) is 15.9 Å². The summed E-state index contributed by atoms with van der Waals surface area (Å²) in [5, 5.41) is 0.956. The molecule has 0 aliphatic carbocycles. The number of nitrogens with zero attached hydrogens (tertiary/aromatic N) is 1. The van der Waals surface area contributed by atoms with E-state index in [1.807, 2.05) is 11.8 Å². The monoisotopic (exact) mass is 263 g/mol. The third-order valence-electron chi connectivity index (χ3n) is 2.53. The second-order valence-electron chi connectivity index (χ2n) is 3.52.